The van der Waals surface area contributed by atoms with Crippen LogP contribution in [0.1, 0.15) is 91.1 Å². The van der Waals surface area contributed by atoms with E-state index in [4.69, 9.17) is 4.74 Å². The number of amides is 1. The number of aromatic nitrogens is 1. The fourth-order valence-corrected chi connectivity index (χ4v) is 8.17. The van der Waals surface area contributed by atoms with Gasteiger partial charge in [0.1, 0.15) is 11.5 Å². The Morgan fingerprint density at radius 1 is 1.28 bits per heavy atom. The summed E-state index contributed by atoms with van der Waals surface area (Å²) in [6.07, 6.45) is 8.43. The molecule has 0 bridgehead atoms. The summed E-state index contributed by atoms with van der Waals surface area (Å²) < 4.78 is 5.53. The monoisotopic (exact) mass is 508 g/mol. The molecule has 5 atom stereocenters. The lowest BCUT2D eigenvalue weighted by molar-refractivity contribution is -0.129. The molecule has 1 heterocycles. The van der Waals surface area contributed by atoms with Gasteiger partial charge >= 0.3 is 0 Å². The highest BCUT2D eigenvalue weighted by Crippen LogP contribution is 2.62. The number of anilines is 1. The molecular weight excluding hydrogens is 472 g/mol. The van der Waals surface area contributed by atoms with Crippen LogP contribution in [-0.4, -0.2) is 29.6 Å². The Labute approximate surface area is 217 Å². The van der Waals surface area contributed by atoms with Crippen molar-refractivity contribution >= 4 is 33.9 Å². The number of nitrogens with one attached hydrogen (secondary N) is 1. The van der Waals surface area contributed by atoms with Gasteiger partial charge in [-0.05, 0) is 99.3 Å². The molecule has 1 amide bonds. The van der Waals surface area contributed by atoms with Crippen molar-refractivity contribution in [2.24, 2.45) is 23.2 Å². The number of fused-ring (bicyclic) bond motifs is 5. The molecule has 3 aliphatic carbocycles. The summed E-state index contributed by atoms with van der Waals surface area (Å²) in [6.45, 7) is 5.76. The van der Waals surface area contributed by atoms with Crippen molar-refractivity contribution < 1.29 is 19.1 Å². The number of nitrogens with zero attached hydrogens (tertiary/aromatic N) is 1. The number of ether oxygens (including phenoxy) is 1. The number of hydrogen-bond donors (Lipinski definition) is 1. The van der Waals surface area contributed by atoms with E-state index in [0.29, 0.717) is 58.7 Å². The molecule has 1 N–H and O–H groups in total. The Bertz CT molecular complexity index is 1200. The van der Waals surface area contributed by atoms with Crippen LogP contribution >= 0.6 is 11.3 Å². The van der Waals surface area contributed by atoms with Crippen LogP contribution in [0.3, 0.4) is 0 Å². The summed E-state index contributed by atoms with van der Waals surface area (Å²) in [5.74, 6) is 2.56. The molecule has 3 unspecified atom stereocenters. The maximum Gasteiger partial charge on any atom is 0.226 e. The molecule has 6 nitrogen and oxygen atoms in total. The highest BCUT2D eigenvalue weighted by atomic mass is 32.1. The third-order valence-corrected chi connectivity index (χ3v) is 9.94. The lowest BCUT2D eigenvalue weighted by Gasteiger charge is -2.50. The van der Waals surface area contributed by atoms with Crippen molar-refractivity contribution in [3.05, 3.63) is 39.9 Å². The molecule has 0 saturated heterocycles. The van der Waals surface area contributed by atoms with E-state index in [9.17, 15) is 14.4 Å². The van der Waals surface area contributed by atoms with Crippen molar-refractivity contribution in [1.82, 2.24) is 4.98 Å². The molecule has 2 aromatic rings. The van der Waals surface area contributed by atoms with E-state index in [1.165, 1.54) is 22.5 Å². The van der Waals surface area contributed by atoms with Crippen LogP contribution in [0.2, 0.25) is 0 Å². The first-order valence-electron chi connectivity index (χ1n) is 13.2. The van der Waals surface area contributed by atoms with Crippen molar-refractivity contribution in [3.63, 3.8) is 0 Å². The first-order chi connectivity index (χ1) is 17.2. The van der Waals surface area contributed by atoms with Crippen LogP contribution < -0.4 is 10.1 Å². The minimum atomic E-state index is -0.264. The summed E-state index contributed by atoms with van der Waals surface area (Å²) in [6, 6.07) is 4.14. The molecule has 192 valence electrons. The van der Waals surface area contributed by atoms with Gasteiger partial charge in [-0.15, -0.1) is 11.3 Å². The number of carbonyl (C=O) groups excluding carboxylic acids is 3. The Kier molecular flexibility index (Phi) is 6.79. The Hall–Kier alpha value is -2.54. The topological polar surface area (TPSA) is 85.4 Å². The average molecular weight is 509 g/mol. The smallest absolute Gasteiger partial charge is 0.226 e. The van der Waals surface area contributed by atoms with E-state index in [-0.39, 0.29) is 17.1 Å². The first kappa shape index (κ1) is 25.1. The second-order valence-corrected chi connectivity index (χ2v) is 12.4. The van der Waals surface area contributed by atoms with Gasteiger partial charge in [-0.1, -0.05) is 6.92 Å². The van der Waals surface area contributed by atoms with Crippen LogP contribution in [-0.2, 0) is 16.0 Å². The van der Waals surface area contributed by atoms with Gasteiger partial charge in [0, 0.05) is 29.3 Å². The Morgan fingerprint density at radius 3 is 2.78 bits per heavy atom. The number of ketones is 2. The van der Waals surface area contributed by atoms with E-state index in [0.717, 1.165) is 43.4 Å². The molecule has 0 aliphatic heterocycles. The summed E-state index contributed by atoms with van der Waals surface area (Å²) in [5.41, 5.74) is 2.97. The van der Waals surface area contributed by atoms with Crippen LogP contribution in [0.4, 0.5) is 5.13 Å². The highest BCUT2D eigenvalue weighted by molar-refractivity contribution is 7.15. The zero-order valence-corrected chi connectivity index (χ0v) is 22.5. The Balaban J connectivity index is 1.32. The summed E-state index contributed by atoms with van der Waals surface area (Å²) in [5, 5.41) is 3.56. The summed E-state index contributed by atoms with van der Waals surface area (Å²) in [7, 11) is 1.62. The number of aryl methyl sites for hydroxylation is 2. The zero-order chi connectivity index (χ0) is 25.6. The molecule has 0 radical (unpaired) electrons. The maximum atomic E-state index is 13.3. The fourth-order valence-electron chi connectivity index (χ4n) is 7.49. The number of benzene rings is 1. The number of rotatable bonds is 7. The largest absolute Gasteiger partial charge is 0.496 e. The third-order valence-electron chi connectivity index (χ3n) is 9.11. The quantitative estimate of drug-likeness (QED) is 0.455. The predicted octanol–water partition coefficient (Wildman–Crippen LogP) is 6.12. The number of methoxy groups -OCH3 is 1. The summed E-state index contributed by atoms with van der Waals surface area (Å²) >= 11 is 1.48. The number of hydrogen-bond acceptors (Lipinski definition) is 6. The Morgan fingerprint density at radius 2 is 2.08 bits per heavy atom. The van der Waals surface area contributed by atoms with E-state index >= 15 is 0 Å². The van der Waals surface area contributed by atoms with Crippen LogP contribution in [0, 0.1) is 30.1 Å². The number of Topliss-reactive ketones (excluding diaryl/α,β-unsaturated/α-hetero) is 2. The van der Waals surface area contributed by atoms with E-state index in [2.05, 4.69) is 29.4 Å². The van der Waals surface area contributed by atoms with E-state index < -0.39 is 0 Å². The minimum Gasteiger partial charge on any atom is -0.496 e. The number of carbonyl (C=O) groups is 3. The third kappa shape index (κ3) is 4.40. The maximum absolute atomic E-state index is 13.3. The van der Waals surface area contributed by atoms with Crippen molar-refractivity contribution in [1.29, 1.82) is 0 Å². The van der Waals surface area contributed by atoms with E-state index in [1.54, 1.807) is 20.2 Å². The van der Waals surface area contributed by atoms with Crippen LogP contribution in [0.25, 0.3) is 0 Å². The second-order valence-electron chi connectivity index (χ2n) is 11.2. The normalized spacial score (nSPS) is 28.7. The predicted molar refractivity (Wildman–Crippen MR) is 141 cm³/mol. The molecule has 2 saturated carbocycles. The molecular formula is C29H36N2O4S. The van der Waals surface area contributed by atoms with Gasteiger partial charge in [-0.3, -0.25) is 14.4 Å². The van der Waals surface area contributed by atoms with Crippen LogP contribution in [0.5, 0.6) is 5.75 Å². The average Bonchev–Trinajstić information content (AvgIpc) is 3.37. The lowest BCUT2D eigenvalue weighted by Crippen LogP contribution is -2.44. The van der Waals surface area contributed by atoms with Gasteiger partial charge in [0.15, 0.2) is 10.9 Å². The van der Waals surface area contributed by atoms with Crippen molar-refractivity contribution in [2.75, 3.05) is 12.4 Å². The molecule has 3 aliphatic rings. The van der Waals surface area contributed by atoms with Crippen LogP contribution in [0.15, 0.2) is 18.3 Å². The minimum absolute atomic E-state index is 0.00439. The fraction of sp³-hybridized carbons (Fsp3) is 0.586. The summed E-state index contributed by atoms with van der Waals surface area (Å²) in [4.78, 5) is 43.4. The zero-order valence-electron chi connectivity index (χ0n) is 21.7. The molecule has 7 heteroatoms. The molecule has 5 rings (SSSR count). The molecule has 1 aromatic heterocycles. The van der Waals surface area contributed by atoms with Crippen molar-refractivity contribution in [3.8, 4) is 5.75 Å². The van der Waals surface area contributed by atoms with Gasteiger partial charge in [0.25, 0.3) is 0 Å². The molecule has 0 spiro atoms. The standard InChI is InChI=1S/C29H36N2O4S/c1-16-15-30-28(36-16)31-26(34)7-5-6-19-13-25(33)29(3)11-10-20-21(27(19)29)9-8-18-12-24(35-4)22(17(2)32)14-23(18)20/h12,14-15,19-21,27H,5-11,13H2,1-4H3,(H,30,31,34)/t19-,20?,21?,27?,29-/m1/s1. The molecule has 36 heavy (non-hydrogen) atoms. The van der Waals surface area contributed by atoms with Gasteiger partial charge in [0.05, 0.1) is 12.7 Å². The van der Waals surface area contributed by atoms with Gasteiger partial charge < -0.3 is 10.1 Å². The van der Waals surface area contributed by atoms with Gasteiger partial charge in [-0.25, -0.2) is 4.98 Å². The highest BCUT2D eigenvalue weighted by Gasteiger charge is 2.58. The molecule has 2 fully saturated rings. The van der Waals surface area contributed by atoms with Gasteiger partial charge in [0.2, 0.25) is 5.91 Å². The molecule has 1 aromatic carbocycles. The van der Waals surface area contributed by atoms with E-state index in [1.807, 2.05) is 6.92 Å². The van der Waals surface area contributed by atoms with Crippen molar-refractivity contribution in [2.45, 2.75) is 78.1 Å². The first-order valence-corrected chi connectivity index (χ1v) is 14.0. The van der Waals surface area contributed by atoms with Gasteiger partial charge in [-0.2, -0.15) is 0 Å². The lowest BCUT2D eigenvalue weighted by atomic mass is 9.54. The number of thiazole rings is 1. The SMILES string of the molecule is COc1cc2c(cc1C(C)=O)C1CC[C@]3(C)C(=O)C[C@@H](CCCC(=O)Nc4ncc(C)s4)C3C1CC2. The second kappa shape index (κ2) is 9.73.